The van der Waals surface area contributed by atoms with E-state index >= 15 is 0 Å². The van der Waals surface area contributed by atoms with Gasteiger partial charge in [0.1, 0.15) is 11.3 Å². The molecule has 1 aliphatic carbocycles. The minimum atomic E-state index is -0.774. The van der Waals surface area contributed by atoms with Gasteiger partial charge in [0.15, 0.2) is 0 Å². The fraction of sp³-hybridized carbons (Fsp3) is 0.842. The topological polar surface area (TPSA) is 83.3 Å². The monoisotopic (exact) mass is 361 g/mol. The second-order valence-corrected chi connectivity index (χ2v) is 8.77. The number of aromatic nitrogens is 3. The lowest BCUT2D eigenvalue weighted by molar-refractivity contribution is -0.133. The quantitative estimate of drug-likeness (QED) is 0.825. The number of carbonyl (C=O) groups excluding carboxylic acids is 1. The van der Waals surface area contributed by atoms with E-state index in [2.05, 4.69) is 20.5 Å². The van der Waals surface area contributed by atoms with Gasteiger partial charge in [0.25, 0.3) is 0 Å². The van der Waals surface area contributed by atoms with Gasteiger partial charge in [-0.15, -0.1) is 5.10 Å². The standard InChI is InChI=1S/C19H31N5O2/c1-13(2)20-18(25)16-11-23-8-5-14(16)9-15(23)10-24-12-17(21-22-24)19(26)6-3-4-7-19/h12-16,26H,3-11H2,1-2H3,(H,20,25)/t14?,15-,16+/m1/s1. The van der Waals surface area contributed by atoms with Crippen LogP contribution < -0.4 is 5.32 Å². The van der Waals surface area contributed by atoms with Crippen LogP contribution in [-0.2, 0) is 16.9 Å². The number of hydrogen-bond donors (Lipinski definition) is 2. The highest BCUT2D eigenvalue weighted by atomic mass is 16.3. The van der Waals surface area contributed by atoms with Crippen molar-refractivity contribution < 1.29 is 9.90 Å². The van der Waals surface area contributed by atoms with Gasteiger partial charge in [0, 0.05) is 18.6 Å². The highest BCUT2D eigenvalue weighted by Gasteiger charge is 2.43. The average Bonchev–Trinajstić information content (AvgIpc) is 3.25. The van der Waals surface area contributed by atoms with Gasteiger partial charge in [0.05, 0.1) is 18.7 Å². The molecule has 3 saturated heterocycles. The Hall–Kier alpha value is -1.47. The second-order valence-electron chi connectivity index (χ2n) is 8.77. The molecule has 4 fully saturated rings. The Balaban J connectivity index is 1.39. The number of nitrogens with one attached hydrogen (secondary N) is 1. The van der Waals surface area contributed by atoms with E-state index in [9.17, 15) is 9.90 Å². The summed E-state index contributed by atoms with van der Waals surface area (Å²) in [6.45, 7) is 6.73. The van der Waals surface area contributed by atoms with Crippen LogP contribution >= 0.6 is 0 Å². The predicted octanol–water partition coefficient (Wildman–Crippen LogP) is 1.27. The van der Waals surface area contributed by atoms with Crippen LogP contribution in [-0.4, -0.2) is 56.1 Å². The normalized spacial score (nSPS) is 32.9. The molecule has 3 aliphatic heterocycles. The molecule has 5 rings (SSSR count). The van der Waals surface area contributed by atoms with E-state index in [-0.39, 0.29) is 17.9 Å². The molecule has 2 N–H and O–H groups in total. The number of nitrogens with zero attached hydrogens (tertiary/aromatic N) is 4. The molecular formula is C19H31N5O2. The predicted molar refractivity (Wildman–Crippen MR) is 97.2 cm³/mol. The molecular weight excluding hydrogens is 330 g/mol. The number of piperidine rings is 3. The van der Waals surface area contributed by atoms with Crippen molar-refractivity contribution >= 4 is 5.91 Å². The third-order valence-electron chi connectivity index (χ3n) is 6.49. The first-order valence-corrected chi connectivity index (χ1v) is 10.1. The molecule has 2 bridgehead atoms. The summed E-state index contributed by atoms with van der Waals surface area (Å²) in [4.78, 5) is 14.9. The minimum absolute atomic E-state index is 0.118. The Labute approximate surface area is 155 Å². The van der Waals surface area contributed by atoms with Crippen LogP contribution in [0.15, 0.2) is 6.20 Å². The van der Waals surface area contributed by atoms with Crippen LogP contribution in [0.4, 0.5) is 0 Å². The molecule has 4 atom stereocenters. The Morgan fingerprint density at radius 2 is 2.19 bits per heavy atom. The van der Waals surface area contributed by atoms with E-state index in [0.717, 1.165) is 63.9 Å². The van der Waals surface area contributed by atoms with Gasteiger partial charge in [-0.05, 0) is 52.0 Å². The molecule has 2 unspecified atom stereocenters. The summed E-state index contributed by atoms with van der Waals surface area (Å²) >= 11 is 0. The molecule has 0 aromatic carbocycles. The second kappa shape index (κ2) is 6.93. The fourth-order valence-corrected chi connectivity index (χ4v) is 5.05. The zero-order valence-electron chi connectivity index (χ0n) is 15.9. The van der Waals surface area contributed by atoms with Crippen molar-refractivity contribution in [1.29, 1.82) is 0 Å². The number of hydrogen-bond acceptors (Lipinski definition) is 5. The number of amides is 1. The Morgan fingerprint density at radius 3 is 2.85 bits per heavy atom. The van der Waals surface area contributed by atoms with Crippen molar-refractivity contribution in [3.8, 4) is 0 Å². The lowest BCUT2D eigenvalue weighted by atomic mass is 9.75. The third-order valence-corrected chi connectivity index (χ3v) is 6.49. The van der Waals surface area contributed by atoms with E-state index in [1.807, 2.05) is 24.7 Å². The van der Waals surface area contributed by atoms with Gasteiger partial charge in [-0.2, -0.15) is 0 Å². The summed E-state index contributed by atoms with van der Waals surface area (Å²) in [7, 11) is 0. The number of carbonyl (C=O) groups is 1. The Morgan fingerprint density at radius 1 is 1.42 bits per heavy atom. The molecule has 7 heteroatoms. The molecule has 1 saturated carbocycles. The molecule has 1 aromatic rings. The highest BCUT2D eigenvalue weighted by molar-refractivity contribution is 5.79. The van der Waals surface area contributed by atoms with Crippen molar-refractivity contribution in [3.63, 3.8) is 0 Å². The van der Waals surface area contributed by atoms with Crippen molar-refractivity contribution in [3.05, 3.63) is 11.9 Å². The molecule has 0 spiro atoms. The SMILES string of the molecule is CC(C)NC(=O)[C@H]1CN2CCC1C[C@@H]2Cn1cc(C2(O)CCCC2)nn1. The summed E-state index contributed by atoms with van der Waals surface area (Å²) < 4.78 is 1.89. The fourth-order valence-electron chi connectivity index (χ4n) is 5.05. The summed E-state index contributed by atoms with van der Waals surface area (Å²) in [5, 5.41) is 22.3. The smallest absolute Gasteiger partial charge is 0.224 e. The third kappa shape index (κ3) is 3.39. The first kappa shape index (κ1) is 17.9. The van der Waals surface area contributed by atoms with E-state index in [0.29, 0.717) is 12.0 Å². The number of fused-ring (bicyclic) bond motifs is 3. The van der Waals surface area contributed by atoms with Crippen LogP contribution in [0.3, 0.4) is 0 Å². The minimum Gasteiger partial charge on any atom is -0.383 e. The largest absolute Gasteiger partial charge is 0.383 e. The summed E-state index contributed by atoms with van der Waals surface area (Å²) in [6, 6.07) is 0.605. The molecule has 1 aromatic heterocycles. The maximum absolute atomic E-state index is 12.5. The van der Waals surface area contributed by atoms with Crippen molar-refractivity contribution in [2.45, 2.75) is 76.6 Å². The molecule has 4 heterocycles. The summed E-state index contributed by atoms with van der Waals surface area (Å²) in [5.41, 5.74) is -0.0513. The summed E-state index contributed by atoms with van der Waals surface area (Å²) in [6.07, 6.45) is 7.76. The van der Waals surface area contributed by atoms with Gasteiger partial charge < -0.3 is 10.4 Å². The van der Waals surface area contributed by atoms with Crippen LogP contribution in [0.25, 0.3) is 0 Å². The Kier molecular flexibility index (Phi) is 4.77. The van der Waals surface area contributed by atoms with Crippen LogP contribution in [0.5, 0.6) is 0 Å². The first-order chi connectivity index (χ1) is 12.4. The van der Waals surface area contributed by atoms with Gasteiger partial charge >= 0.3 is 0 Å². The van der Waals surface area contributed by atoms with Crippen molar-refractivity contribution in [1.82, 2.24) is 25.2 Å². The van der Waals surface area contributed by atoms with E-state index < -0.39 is 5.60 Å². The van der Waals surface area contributed by atoms with Crippen molar-refractivity contribution in [2.24, 2.45) is 11.8 Å². The zero-order chi connectivity index (χ0) is 18.3. The first-order valence-electron chi connectivity index (χ1n) is 10.1. The molecule has 26 heavy (non-hydrogen) atoms. The maximum atomic E-state index is 12.5. The van der Waals surface area contributed by atoms with Crippen molar-refractivity contribution in [2.75, 3.05) is 13.1 Å². The maximum Gasteiger partial charge on any atom is 0.224 e. The zero-order valence-corrected chi connectivity index (χ0v) is 15.9. The molecule has 1 amide bonds. The van der Waals surface area contributed by atoms with Gasteiger partial charge in [-0.25, -0.2) is 0 Å². The molecule has 4 aliphatic rings. The highest BCUT2D eigenvalue weighted by Crippen LogP contribution is 2.38. The molecule has 144 valence electrons. The Bertz CT molecular complexity index is 652. The van der Waals surface area contributed by atoms with Crippen LogP contribution in [0, 0.1) is 11.8 Å². The van der Waals surface area contributed by atoms with E-state index in [1.54, 1.807) is 0 Å². The number of aliphatic hydroxyl groups is 1. The van der Waals surface area contributed by atoms with Gasteiger partial charge in [-0.1, -0.05) is 18.1 Å². The lowest BCUT2D eigenvalue weighted by Crippen LogP contribution is -2.58. The summed E-state index contributed by atoms with van der Waals surface area (Å²) in [5.74, 6) is 0.790. The van der Waals surface area contributed by atoms with Gasteiger partial charge in [-0.3, -0.25) is 14.4 Å². The van der Waals surface area contributed by atoms with Crippen LogP contribution in [0.2, 0.25) is 0 Å². The molecule has 0 radical (unpaired) electrons. The molecule has 7 nitrogen and oxygen atoms in total. The van der Waals surface area contributed by atoms with Crippen LogP contribution in [0.1, 0.15) is 58.1 Å². The average molecular weight is 361 g/mol. The number of rotatable bonds is 5. The van der Waals surface area contributed by atoms with E-state index in [4.69, 9.17) is 0 Å². The van der Waals surface area contributed by atoms with E-state index in [1.165, 1.54) is 0 Å². The van der Waals surface area contributed by atoms with Gasteiger partial charge in [0.2, 0.25) is 5.91 Å². The lowest BCUT2D eigenvalue weighted by Gasteiger charge is -2.49.